The molecule has 0 saturated heterocycles. The number of nitrogens with one attached hydrogen (secondary N) is 2. The van der Waals surface area contributed by atoms with Crippen LogP contribution in [-0.2, 0) is 7.05 Å². The predicted octanol–water partition coefficient (Wildman–Crippen LogP) is 0.370. The van der Waals surface area contributed by atoms with E-state index >= 15 is 0 Å². The first kappa shape index (κ1) is 15.4. The number of hydrogen-bond acceptors (Lipinski definition) is 8. The van der Waals surface area contributed by atoms with Crippen LogP contribution >= 0.6 is 0 Å². The molecule has 1 aliphatic rings. The molecular weight excluding hydrogens is 346 g/mol. The fourth-order valence-electron chi connectivity index (χ4n) is 2.88. The molecule has 0 bridgehead atoms. The van der Waals surface area contributed by atoms with E-state index in [1.165, 1.54) is 23.7 Å². The highest BCUT2D eigenvalue weighted by Gasteiger charge is 2.36. The molecule has 3 N–H and O–H groups in total. The lowest BCUT2D eigenvalue weighted by atomic mass is 9.96. The number of aromatic nitrogens is 5. The van der Waals surface area contributed by atoms with Gasteiger partial charge in [0.05, 0.1) is 23.7 Å². The van der Waals surface area contributed by atoms with Crippen molar-refractivity contribution in [2.24, 2.45) is 7.05 Å². The Hall–Kier alpha value is -4.09. The number of nitro groups is 1. The van der Waals surface area contributed by atoms with Crippen LogP contribution in [0.1, 0.15) is 20.7 Å². The maximum Gasteiger partial charge on any atom is 0.342 e. The summed E-state index contributed by atoms with van der Waals surface area (Å²) in [4.78, 5) is 42.8. The van der Waals surface area contributed by atoms with E-state index < -0.39 is 22.7 Å². The van der Waals surface area contributed by atoms with Gasteiger partial charge < -0.3 is 15.2 Å². The summed E-state index contributed by atoms with van der Waals surface area (Å²) < 4.78 is 1.21. The van der Waals surface area contributed by atoms with Crippen LogP contribution in [0.25, 0.3) is 22.8 Å². The molecule has 0 unspecified atom stereocenters. The zero-order chi connectivity index (χ0) is 18.6. The fourth-order valence-corrected chi connectivity index (χ4v) is 2.88. The standard InChI is InChI=1S/C14H9N7O5/c1-20-7(21(25)26)4-15-11(20)6-3-2-5(10-16-14(24)19-18-10)8-9(6)13(23)17-12(8)22/h2-4H,1H3,(H,17,22,23)(H2,16,18,19,24). The number of nitrogens with zero attached hydrogens (tertiary/aromatic N) is 5. The number of carbonyl (C=O) groups is 2. The van der Waals surface area contributed by atoms with Crippen LogP contribution in [0.2, 0.25) is 0 Å². The van der Waals surface area contributed by atoms with Gasteiger partial charge in [0.25, 0.3) is 11.8 Å². The van der Waals surface area contributed by atoms with E-state index in [0.29, 0.717) is 0 Å². The maximum atomic E-state index is 12.3. The Morgan fingerprint density at radius 3 is 2.42 bits per heavy atom. The fraction of sp³-hybridized carbons (Fsp3) is 0.0714. The third-order valence-electron chi connectivity index (χ3n) is 4.01. The molecule has 0 fully saturated rings. The summed E-state index contributed by atoms with van der Waals surface area (Å²) in [5.74, 6) is -1.31. The second kappa shape index (κ2) is 5.20. The average Bonchev–Trinajstić information content (AvgIpc) is 3.26. The van der Waals surface area contributed by atoms with Gasteiger partial charge in [0.1, 0.15) is 6.20 Å². The molecule has 1 aliphatic heterocycles. The van der Waals surface area contributed by atoms with Gasteiger partial charge in [0, 0.05) is 5.56 Å². The van der Waals surface area contributed by atoms with Crippen molar-refractivity contribution in [3.8, 4) is 28.8 Å². The number of benzene rings is 1. The van der Waals surface area contributed by atoms with Crippen LogP contribution < -0.4 is 5.32 Å². The minimum atomic E-state index is -0.656. The summed E-state index contributed by atoms with van der Waals surface area (Å²) in [6.45, 7) is 0. The maximum absolute atomic E-state index is 12.3. The molecule has 12 heteroatoms. The number of carbonyl (C=O) groups excluding carboxylic acids is 2. The Morgan fingerprint density at radius 1 is 1.19 bits per heavy atom. The minimum Gasteiger partial charge on any atom is -0.478 e. The Kier molecular flexibility index (Phi) is 3.09. The Bertz CT molecular complexity index is 1110. The Morgan fingerprint density at radius 2 is 1.85 bits per heavy atom. The highest BCUT2D eigenvalue weighted by atomic mass is 16.6. The summed E-state index contributed by atoms with van der Waals surface area (Å²) in [5, 5.41) is 28.5. The topological polar surface area (TPSA) is 169 Å². The van der Waals surface area contributed by atoms with E-state index in [4.69, 9.17) is 0 Å². The zero-order valence-electron chi connectivity index (χ0n) is 13.0. The van der Waals surface area contributed by atoms with Gasteiger partial charge in [-0.15, -0.1) is 5.10 Å². The first-order valence-corrected chi connectivity index (χ1v) is 7.19. The van der Waals surface area contributed by atoms with E-state index in [2.05, 4.69) is 25.5 Å². The van der Waals surface area contributed by atoms with Gasteiger partial charge in [-0.05, 0) is 17.1 Å². The predicted molar refractivity (Wildman–Crippen MR) is 84.1 cm³/mol. The SMILES string of the molecule is Cn1c([N+](=O)[O-])cnc1-c1ccc(-c2nc(O)n[nH]2)c2c1C(=O)NC2=O. The lowest BCUT2D eigenvalue weighted by Gasteiger charge is -2.07. The van der Waals surface area contributed by atoms with Crippen molar-refractivity contribution in [3.63, 3.8) is 0 Å². The largest absolute Gasteiger partial charge is 0.478 e. The summed E-state index contributed by atoms with van der Waals surface area (Å²) in [6.07, 6.45) is 1.07. The van der Waals surface area contributed by atoms with Crippen molar-refractivity contribution < 1.29 is 19.6 Å². The summed E-state index contributed by atoms with van der Waals surface area (Å²) >= 11 is 0. The van der Waals surface area contributed by atoms with E-state index in [-0.39, 0.29) is 39.7 Å². The van der Waals surface area contributed by atoms with Crippen molar-refractivity contribution in [3.05, 3.63) is 39.6 Å². The quantitative estimate of drug-likeness (QED) is 0.344. The van der Waals surface area contributed by atoms with Crippen LogP contribution in [0.3, 0.4) is 0 Å². The van der Waals surface area contributed by atoms with Crippen molar-refractivity contribution in [2.75, 3.05) is 0 Å². The Labute approximate surface area is 143 Å². The Balaban J connectivity index is 1.98. The van der Waals surface area contributed by atoms with Crippen molar-refractivity contribution in [1.29, 1.82) is 0 Å². The molecule has 12 nitrogen and oxygen atoms in total. The van der Waals surface area contributed by atoms with Gasteiger partial charge in [-0.1, -0.05) is 0 Å². The molecule has 3 aromatic rings. The molecular formula is C14H9N7O5. The smallest absolute Gasteiger partial charge is 0.342 e. The number of H-pyrrole nitrogens is 1. The van der Waals surface area contributed by atoms with Gasteiger partial charge in [0.2, 0.25) is 5.82 Å². The highest BCUT2D eigenvalue weighted by Crippen LogP contribution is 2.35. The first-order valence-electron chi connectivity index (χ1n) is 7.19. The molecule has 0 spiro atoms. The molecule has 26 heavy (non-hydrogen) atoms. The lowest BCUT2D eigenvalue weighted by Crippen LogP contribution is -2.20. The number of aromatic amines is 1. The van der Waals surface area contributed by atoms with Gasteiger partial charge >= 0.3 is 11.8 Å². The average molecular weight is 355 g/mol. The molecule has 2 amide bonds. The number of amides is 2. The van der Waals surface area contributed by atoms with Crippen LogP contribution in [0.4, 0.5) is 5.82 Å². The van der Waals surface area contributed by atoms with E-state index in [0.717, 1.165) is 6.20 Å². The van der Waals surface area contributed by atoms with E-state index in [1.54, 1.807) is 0 Å². The zero-order valence-corrected chi connectivity index (χ0v) is 13.0. The van der Waals surface area contributed by atoms with Crippen LogP contribution in [-0.4, -0.2) is 46.6 Å². The molecule has 0 aliphatic carbocycles. The van der Waals surface area contributed by atoms with Gasteiger partial charge in [-0.3, -0.25) is 20.0 Å². The highest BCUT2D eigenvalue weighted by molar-refractivity contribution is 6.26. The molecule has 0 atom stereocenters. The second-order valence-electron chi connectivity index (χ2n) is 5.43. The summed E-state index contributed by atoms with van der Waals surface area (Å²) in [7, 11) is 1.43. The number of aromatic hydroxyl groups is 1. The monoisotopic (exact) mass is 355 g/mol. The number of hydrogen-bond donors (Lipinski definition) is 3. The number of rotatable bonds is 3. The van der Waals surface area contributed by atoms with Gasteiger partial charge in [0.15, 0.2) is 5.82 Å². The molecule has 130 valence electrons. The van der Waals surface area contributed by atoms with Crippen LogP contribution in [0.5, 0.6) is 6.01 Å². The van der Waals surface area contributed by atoms with Crippen molar-refractivity contribution >= 4 is 17.6 Å². The summed E-state index contributed by atoms with van der Waals surface area (Å²) in [6, 6.07) is 2.48. The number of imide groups is 1. The van der Waals surface area contributed by atoms with Gasteiger partial charge in [-0.25, -0.2) is 9.55 Å². The van der Waals surface area contributed by atoms with Crippen LogP contribution in [0.15, 0.2) is 18.3 Å². The third-order valence-corrected chi connectivity index (χ3v) is 4.01. The number of imidazole rings is 1. The number of fused-ring (bicyclic) bond motifs is 1. The molecule has 0 radical (unpaired) electrons. The molecule has 0 saturated carbocycles. The van der Waals surface area contributed by atoms with Crippen LogP contribution in [0, 0.1) is 10.1 Å². The second-order valence-corrected chi connectivity index (χ2v) is 5.43. The normalized spacial score (nSPS) is 13.0. The summed E-state index contributed by atoms with van der Waals surface area (Å²) in [5.41, 5.74) is 0.552. The van der Waals surface area contributed by atoms with E-state index in [9.17, 15) is 24.8 Å². The molecule has 3 heterocycles. The first-order chi connectivity index (χ1) is 12.4. The van der Waals surface area contributed by atoms with Crippen molar-refractivity contribution in [2.45, 2.75) is 0 Å². The molecule has 4 rings (SSSR count). The van der Waals surface area contributed by atoms with Crippen molar-refractivity contribution in [1.82, 2.24) is 30.0 Å². The minimum absolute atomic E-state index is 0.0204. The molecule has 2 aromatic heterocycles. The lowest BCUT2D eigenvalue weighted by molar-refractivity contribution is -0.391. The molecule has 1 aromatic carbocycles. The van der Waals surface area contributed by atoms with Gasteiger partial charge in [-0.2, -0.15) is 4.98 Å². The third kappa shape index (κ3) is 2.05. The van der Waals surface area contributed by atoms with E-state index in [1.807, 2.05) is 0 Å².